The summed E-state index contributed by atoms with van der Waals surface area (Å²) < 4.78 is 5.89. The van der Waals surface area contributed by atoms with Crippen LogP contribution in [0.4, 0.5) is 16.2 Å². The van der Waals surface area contributed by atoms with Crippen molar-refractivity contribution in [3.63, 3.8) is 0 Å². The summed E-state index contributed by atoms with van der Waals surface area (Å²) in [6.07, 6.45) is 0.0472. The lowest BCUT2D eigenvalue weighted by Crippen LogP contribution is -2.39. The lowest BCUT2D eigenvalue weighted by atomic mass is 10.2. The highest BCUT2D eigenvalue weighted by Gasteiger charge is 2.21. The Hall–Kier alpha value is -1.87. The fraction of sp³-hybridized carbons (Fsp3) is 0.562. The van der Waals surface area contributed by atoms with Gasteiger partial charge in [0.25, 0.3) is 5.69 Å². The van der Waals surface area contributed by atoms with Crippen LogP contribution in [0.2, 0.25) is 0 Å². The smallest absolute Gasteiger partial charge is 0.410 e. The summed E-state index contributed by atoms with van der Waals surface area (Å²) in [5.41, 5.74) is -0.231. The van der Waals surface area contributed by atoms with Crippen LogP contribution in [0.3, 0.4) is 0 Å². The number of benzene rings is 1. The lowest BCUT2D eigenvalue weighted by molar-refractivity contribution is -0.384. The molecular formula is C16H24BrN3O5. The Kier molecular flexibility index (Phi) is 8.11. The summed E-state index contributed by atoms with van der Waals surface area (Å²) in [5, 5.41) is 23.2. The van der Waals surface area contributed by atoms with Crippen LogP contribution in [0.15, 0.2) is 22.7 Å². The molecule has 1 aromatic rings. The molecule has 0 radical (unpaired) electrons. The van der Waals surface area contributed by atoms with Gasteiger partial charge < -0.3 is 20.1 Å². The van der Waals surface area contributed by atoms with E-state index in [2.05, 4.69) is 21.2 Å². The minimum absolute atomic E-state index is 0.0197. The number of amides is 1. The molecule has 1 amide bonds. The second-order valence-corrected chi connectivity index (χ2v) is 7.22. The predicted octanol–water partition coefficient (Wildman–Crippen LogP) is 3.39. The SMILES string of the molecule is CC(C)(C)OC(=O)N(CCO)CCCNc1c(Br)cccc1[N+](=O)[O-]. The van der Waals surface area contributed by atoms with Gasteiger partial charge in [-0.3, -0.25) is 10.1 Å². The maximum atomic E-state index is 12.1. The first-order valence-corrected chi connectivity index (χ1v) is 8.70. The molecule has 0 heterocycles. The van der Waals surface area contributed by atoms with Gasteiger partial charge in [0.2, 0.25) is 0 Å². The van der Waals surface area contributed by atoms with Crippen molar-refractivity contribution >= 4 is 33.4 Å². The van der Waals surface area contributed by atoms with Crippen molar-refractivity contribution < 1.29 is 19.6 Å². The molecule has 0 fully saturated rings. The Morgan fingerprint density at radius 2 is 2.08 bits per heavy atom. The van der Waals surface area contributed by atoms with Crippen LogP contribution in [0.1, 0.15) is 27.2 Å². The van der Waals surface area contributed by atoms with Gasteiger partial charge in [0.15, 0.2) is 0 Å². The second-order valence-electron chi connectivity index (χ2n) is 6.36. The van der Waals surface area contributed by atoms with Crippen molar-refractivity contribution in [3.05, 3.63) is 32.8 Å². The van der Waals surface area contributed by atoms with Crippen LogP contribution in [0.25, 0.3) is 0 Å². The fourth-order valence-corrected chi connectivity index (χ4v) is 2.56. The average Bonchev–Trinajstić information content (AvgIpc) is 2.49. The molecule has 140 valence electrons. The topological polar surface area (TPSA) is 105 Å². The summed E-state index contributed by atoms with van der Waals surface area (Å²) in [6.45, 7) is 6.11. The van der Waals surface area contributed by atoms with E-state index in [0.29, 0.717) is 29.7 Å². The zero-order valence-electron chi connectivity index (χ0n) is 14.6. The van der Waals surface area contributed by atoms with Crippen molar-refractivity contribution in [3.8, 4) is 0 Å². The van der Waals surface area contributed by atoms with Crippen molar-refractivity contribution in [2.45, 2.75) is 32.8 Å². The highest BCUT2D eigenvalue weighted by Crippen LogP contribution is 2.31. The number of aliphatic hydroxyl groups is 1. The predicted molar refractivity (Wildman–Crippen MR) is 98.8 cm³/mol. The van der Waals surface area contributed by atoms with E-state index >= 15 is 0 Å². The maximum absolute atomic E-state index is 12.1. The van der Waals surface area contributed by atoms with Gasteiger partial charge in [-0.25, -0.2) is 4.79 Å². The number of nitro benzene ring substituents is 1. The normalized spacial score (nSPS) is 11.1. The Labute approximate surface area is 155 Å². The quantitative estimate of drug-likeness (QED) is 0.381. The number of ether oxygens (including phenoxy) is 1. The number of rotatable bonds is 8. The van der Waals surface area contributed by atoms with E-state index in [4.69, 9.17) is 9.84 Å². The first-order valence-electron chi connectivity index (χ1n) is 7.91. The molecule has 1 rings (SSSR count). The number of anilines is 1. The number of aliphatic hydroxyl groups excluding tert-OH is 1. The molecule has 0 aromatic heterocycles. The van der Waals surface area contributed by atoms with Crippen LogP contribution >= 0.6 is 15.9 Å². The fourth-order valence-electron chi connectivity index (χ4n) is 2.06. The van der Waals surface area contributed by atoms with E-state index in [0.717, 1.165) is 0 Å². The van der Waals surface area contributed by atoms with Crippen LogP contribution in [0, 0.1) is 10.1 Å². The van der Waals surface area contributed by atoms with E-state index in [1.54, 1.807) is 32.9 Å². The second kappa shape index (κ2) is 9.57. The molecule has 0 aliphatic carbocycles. The Bertz CT molecular complexity index is 604. The van der Waals surface area contributed by atoms with E-state index in [9.17, 15) is 14.9 Å². The number of halogens is 1. The molecule has 1 aromatic carbocycles. The average molecular weight is 418 g/mol. The molecule has 0 unspecified atom stereocenters. The zero-order chi connectivity index (χ0) is 19.0. The molecule has 0 atom stereocenters. The van der Waals surface area contributed by atoms with Gasteiger partial charge in [0, 0.05) is 30.2 Å². The van der Waals surface area contributed by atoms with Crippen LogP contribution in [0.5, 0.6) is 0 Å². The summed E-state index contributed by atoms with van der Waals surface area (Å²) >= 11 is 3.29. The minimum atomic E-state index is -0.613. The maximum Gasteiger partial charge on any atom is 0.410 e. The number of nitrogens with zero attached hydrogens (tertiary/aromatic N) is 2. The van der Waals surface area contributed by atoms with Gasteiger partial charge in [-0.2, -0.15) is 0 Å². The Morgan fingerprint density at radius 3 is 2.64 bits per heavy atom. The minimum Gasteiger partial charge on any atom is -0.444 e. The van der Waals surface area contributed by atoms with Crippen molar-refractivity contribution in [1.29, 1.82) is 0 Å². The summed E-state index contributed by atoms with van der Waals surface area (Å²) in [4.78, 5) is 24.1. The highest BCUT2D eigenvalue weighted by atomic mass is 79.9. The lowest BCUT2D eigenvalue weighted by Gasteiger charge is -2.27. The molecular weight excluding hydrogens is 394 g/mol. The first-order chi connectivity index (χ1) is 11.7. The molecule has 0 aliphatic heterocycles. The number of para-hydroxylation sites is 1. The highest BCUT2D eigenvalue weighted by molar-refractivity contribution is 9.10. The molecule has 0 aliphatic rings. The number of nitrogens with one attached hydrogen (secondary N) is 1. The Morgan fingerprint density at radius 1 is 1.40 bits per heavy atom. The first kappa shape index (κ1) is 21.2. The largest absolute Gasteiger partial charge is 0.444 e. The van der Waals surface area contributed by atoms with Crippen LogP contribution < -0.4 is 5.32 Å². The molecule has 0 spiro atoms. The van der Waals surface area contributed by atoms with E-state index in [1.165, 1.54) is 11.0 Å². The van der Waals surface area contributed by atoms with Gasteiger partial charge in [0.1, 0.15) is 11.3 Å². The van der Waals surface area contributed by atoms with E-state index in [1.807, 2.05) is 0 Å². The number of hydrogen-bond donors (Lipinski definition) is 2. The Balaban J connectivity index is 2.60. The third-order valence-corrected chi connectivity index (χ3v) is 3.78. The monoisotopic (exact) mass is 417 g/mol. The van der Waals surface area contributed by atoms with Gasteiger partial charge in [0.05, 0.1) is 11.5 Å². The van der Waals surface area contributed by atoms with Crippen LogP contribution in [-0.2, 0) is 4.74 Å². The molecule has 9 heteroatoms. The molecule has 8 nitrogen and oxygen atoms in total. The van der Waals surface area contributed by atoms with Gasteiger partial charge in [-0.05, 0) is 49.2 Å². The van der Waals surface area contributed by atoms with Gasteiger partial charge in [-0.1, -0.05) is 6.07 Å². The van der Waals surface area contributed by atoms with Gasteiger partial charge >= 0.3 is 6.09 Å². The van der Waals surface area contributed by atoms with Crippen molar-refractivity contribution in [1.82, 2.24) is 4.90 Å². The van der Waals surface area contributed by atoms with E-state index in [-0.39, 0.29) is 18.8 Å². The van der Waals surface area contributed by atoms with Gasteiger partial charge in [-0.15, -0.1) is 0 Å². The standard InChI is InChI=1S/C16H24BrN3O5/c1-16(2,3)25-15(22)19(10-11-21)9-5-8-18-14-12(17)6-4-7-13(14)20(23)24/h4,6-7,18,21H,5,8-11H2,1-3H3. The molecule has 0 saturated carbocycles. The molecule has 0 saturated heterocycles. The number of nitro groups is 1. The van der Waals surface area contributed by atoms with Crippen molar-refractivity contribution in [2.75, 3.05) is 31.6 Å². The zero-order valence-corrected chi connectivity index (χ0v) is 16.2. The molecule has 2 N–H and O–H groups in total. The summed E-state index contributed by atoms with van der Waals surface area (Å²) in [5.74, 6) is 0. The molecule has 25 heavy (non-hydrogen) atoms. The number of carbonyl (C=O) groups excluding carboxylic acids is 1. The molecule has 0 bridgehead atoms. The number of carbonyl (C=O) groups is 1. The van der Waals surface area contributed by atoms with Crippen molar-refractivity contribution in [2.24, 2.45) is 0 Å². The third-order valence-electron chi connectivity index (χ3n) is 3.12. The summed E-state index contributed by atoms with van der Waals surface area (Å²) in [6, 6.07) is 4.73. The third kappa shape index (κ3) is 7.27. The van der Waals surface area contributed by atoms with E-state index < -0.39 is 16.6 Å². The summed E-state index contributed by atoms with van der Waals surface area (Å²) in [7, 11) is 0. The number of hydrogen-bond acceptors (Lipinski definition) is 6. The van der Waals surface area contributed by atoms with Crippen LogP contribution in [-0.4, -0.2) is 52.9 Å².